The summed E-state index contributed by atoms with van der Waals surface area (Å²) >= 11 is 0. The highest BCUT2D eigenvalue weighted by molar-refractivity contribution is 5.88. The Kier molecular flexibility index (Phi) is 7.01. The maximum atomic E-state index is 12.4. The minimum absolute atomic E-state index is 0.0663. The first-order valence-electron chi connectivity index (χ1n) is 8.75. The first-order valence-corrected chi connectivity index (χ1v) is 8.75. The number of amides is 2. The van der Waals surface area contributed by atoms with Crippen molar-refractivity contribution in [3.63, 3.8) is 0 Å². The zero-order valence-corrected chi connectivity index (χ0v) is 17.2. The predicted molar refractivity (Wildman–Crippen MR) is 104 cm³/mol. The summed E-state index contributed by atoms with van der Waals surface area (Å²) in [6.45, 7) is 14.6. The van der Waals surface area contributed by atoms with Crippen LogP contribution in [0.2, 0.25) is 0 Å². The van der Waals surface area contributed by atoms with E-state index in [0.29, 0.717) is 0 Å². The Morgan fingerprint density at radius 2 is 1.31 bits per heavy atom. The van der Waals surface area contributed by atoms with E-state index in [1.54, 1.807) is 47.6 Å². The summed E-state index contributed by atoms with van der Waals surface area (Å²) in [6, 6.07) is 6.16. The number of hydrogen-bond donors (Lipinski definition) is 0. The van der Waals surface area contributed by atoms with Gasteiger partial charge in [-0.25, -0.2) is 14.5 Å². The van der Waals surface area contributed by atoms with Gasteiger partial charge in [-0.05, 0) is 61.0 Å². The number of carbonyl (C=O) groups excluding carboxylic acids is 2. The van der Waals surface area contributed by atoms with E-state index in [1.807, 2.05) is 32.1 Å². The molecule has 0 saturated carbocycles. The number of imide groups is 1. The summed E-state index contributed by atoms with van der Waals surface area (Å²) in [5.41, 5.74) is 1.92. The van der Waals surface area contributed by atoms with Crippen molar-refractivity contribution in [3.8, 4) is 0 Å². The summed E-state index contributed by atoms with van der Waals surface area (Å²) in [5, 5.41) is 0. The quantitative estimate of drug-likeness (QED) is 0.714. The van der Waals surface area contributed by atoms with Gasteiger partial charge in [-0.15, -0.1) is 0 Å². The first kappa shape index (κ1) is 21.7. The second-order valence-electron chi connectivity index (χ2n) is 8.39. The second-order valence-corrected chi connectivity index (χ2v) is 8.39. The van der Waals surface area contributed by atoms with E-state index in [-0.39, 0.29) is 6.54 Å². The van der Waals surface area contributed by atoms with Gasteiger partial charge in [0.2, 0.25) is 0 Å². The average molecular weight is 361 g/mol. The summed E-state index contributed by atoms with van der Waals surface area (Å²) < 4.78 is 10.7. The lowest BCUT2D eigenvalue weighted by Gasteiger charge is -2.28. The molecule has 0 N–H and O–H groups in total. The third-order valence-electron chi connectivity index (χ3n) is 3.07. The van der Waals surface area contributed by atoms with E-state index >= 15 is 0 Å². The highest BCUT2D eigenvalue weighted by atomic mass is 16.6. The zero-order chi connectivity index (χ0) is 20.1. The number of rotatable bonds is 3. The molecule has 0 aliphatic heterocycles. The molecule has 0 spiro atoms. The lowest BCUT2D eigenvalue weighted by atomic mass is 10.1. The number of hydrogen-bond acceptors (Lipinski definition) is 4. The van der Waals surface area contributed by atoms with Gasteiger partial charge in [-0.1, -0.05) is 41.5 Å². The summed E-state index contributed by atoms with van der Waals surface area (Å²) in [6.07, 6.45) is 2.18. The molecule has 0 fully saturated rings. The van der Waals surface area contributed by atoms with Gasteiger partial charge in [-0.3, -0.25) is 0 Å². The molecule has 0 aliphatic carbocycles. The topological polar surface area (TPSA) is 55.8 Å². The van der Waals surface area contributed by atoms with E-state index < -0.39 is 23.4 Å². The summed E-state index contributed by atoms with van der Waals surface area (Å²) in [4.78, 5) is 25.8. The smallest absolute Gasteiger partial charge is 0.420 e. The van der Waals surface area contributed by atoms with Crippen LogP contribution in [0, 0.1) is 13.8 Å². The Morgan fingerprint density at radius 1 is 0.885 bits per heavy atom. The molecular formula is C21H31NO4. The van der Waals surface area contributed by atoms with Crippen molar-refractivity contribution in [2.24, 2.45) is 0 Å². The molecule has 0 aromatic heterocycles. The molecule has 5 heteroatoms. The van der Waals surface area contributed by atoms with Crippen molar-refractivity contribution >= 4 is 18.3 Å². The molecule has 0 heterocycles. The zero-order valence-electron chi connectivity index (χ0n) is 17.2. The third kappa shape index (κ3) is 8.19. The fourth-order valence-electron chi connectivity index (χ4n) is 2.26. The van der Waals surface area contributed by atoms with E-state index in [2.05, 4.69) is 6.07 Å². The number of benzene rings is 1. The lowest BCUT2D eigenvalue weighted by molar-refractivity contribution is 0.00377. The summed E-state index contributed by atoms with van der Waals surface area (Å²) in [5.74, 6) is 0. The monoisotopic (exact) mass is 361 g/mol. The molecule has 144 valence electrons. The maximum absolute atomic E-state index is 12.4. The Balaban J connectivity index is 2.95. The maximum Gasteiger partial charge on any atom is 0.420 e. The number of ether oxygens (including phenoxy) is 2. The Bertz CT molecular complexity index is 630. The van der Waals surface area contributed by atoms with E-state index in [0.717, 1.165) is 21.6 Å². The molecule has 0 saturated heterocycles. The van der Waals surface area contributed by atoms with Gasteiger partial charge in [-0.2, -0.15) is 0 Å². The van der Waals surface area contributed by atoms with Gasteiger partial charge in [0, 0.05) is 0 Å². The minimum atomic E-state index is -0.725. The van der Waals surface area contributed by atoms with Gasteiger partial charge in [0.1, 0.15) is 11.2 Å². The lowest BCUT2D eigenvalue weighted by Crippen LogP contribution is -2.43. The van der Waals surface area contributed by atoms with Crippen molar-refractivity contribution in [2.75, 3.05) is 6.54 Å². The number of aryl methyl sites for hydroxylation is 2. The van der Waals surface area contributed by atoms with E-state index in [9.17, 15) is 9.59 Å². The molecule has 1 aromatic carbocycles. The Hall–Kier alpha value is -2.30. The number of carbonyl (C=O) groups is 2. The average Bonchev–Trinajstić information content (AvgIpc) is 2.38. The van der Waals surface area contributed by atoms with Crippen molar-refractivity contribution in [3.05, 3.63) is 41.0 Å². The van der Waals surface area contributed by atoms with E-state index in [4.69, 9.17) is 9.47 Å². The van der Waals surface area contributed by atoms with Crippen LogP contribution in [-0.2, 0) is 9.47 Å². The van der Waals surface area contributed by atoms with E-state index in [1.165, 1.54) is 0 Å². The van der Waals surface area contributed by atoms with Crippen LogP contribution in [0.15, 0.2) is 24.3 Å². The first-order chi connectivity index (χ1) is 11.8. The van der Waals surface area contributed by atoms with Gasteiger partial charge < -0.3 is 9.47 Å². The second kappa shape index (κ2) is 8.39. The molecular weight excluding hydrogens is 330 g/mol. The third-order valence-corrected chi connectivity index (χ3v) is 3.07. The molecule has 0 aliphatic rings. The molecule has 0 radical (unpaired) electrons. The molecule has 5 nitrogen and oxygen atoms in total. The molecule has 26 heavy (non-hydrogen) atoms. The van der Waals surface area contributed by atoms with Crippen molar-refractivity contribution in [2.45, 2.75) is 66.6 Å². The highest BCUT2D eigenvalue weighted by Crippen LogP contribution is 2.15. The molecule has 0 unspecified atom stereocenters. The SMILES string of the molecule is Cc1cc(C)cc(/C=C/CN(C(=O)OC(C)(C)C)C(=O)OC(C)(C)C)c1. The number of nitrogens with zero attached hydrogens (tertiary/aromatic N) is 1. The van der Waals surface area contributed by atoms with Gasteiger partial charge in [0.25, 0.3) is 0 Å². The Labute approximate surface area is 157 Å². The van der Waals surface area contributed by atoms with Gasteiger partial charge in [0.15, 0.2) is 0 Å². The predicted octanol–water partition coefficient (Wildman–Crippen LogP) is 5.49. The fourth-order valence-corrected chi connectivity index (χ4v) is 2.26. The standard InChI is InChI=1S/C21H31NO4/c1-15-12-16(2)14-17(13-15)10-9-11-22(18(23)25-20(3,4)5)19(24)26-21(6,7)8/h9-10,12-14H,11H2,1-8H3/b10-9+. The molecule has 0 bridgehead atoms. The van der Waals surface area contributed by atoms with Crippen LogP contribution >= 0.6 is 0 Å². The van der Waals surface area contributed by atoms with Crippen LogP contribution in [-0.4, -0.2) is 34.8 Å². The largest absolute Gasteiger partial charge is 0.443 e. The van der Waals surface area contributed by atoms with Crippen LogP contribution in [0.5, 0.6) is 0 Å². The van der Waals surface area contributed by atoms with Gasteiger partial charge in [0.05, 0.1) is 6.54 Å². The fraction of sp³-hybridized carbons (Fsp3) is 0.524. The molecule has 0 atom stereocenters. The minimum Gasteiger partial charge on any atom is -0.443 e. The molecule has 2 amide bonds. The van der Waals surface area contributed by atoms with Crippen molar-refractivity contribution in [1.29, 1.82) is 0 Å². The van der Waals surface area contributed by atoms with Crippen molar-refractivity contribution < 1.29 is 19.1 Å². The van der Waals surface area contributed by atoms with Crippen LogP contribution in [0.1, 0.15) is 58.2 Å². The van der Waals surface area contributed by atoms with Crippen LogP contribution < -0.4 is 0 Å². The normalized spacial score (nSPS) is 12.2. The van der Waals surface area contributed by atoms with Crippen molar-refractivity contribution in [1.82, 2.24) is 4.90 Å². The summed E-state index contributed by atoms with van der Waals surface area (Å²) in [7, 11) is 0. The highest BCUT2D eigenvalue weighted by Gasteiger charge is 2.30. The molecule has 1 aromatic rings. The molecule has 1 rings (SSSR count). The van der Waals surface area contributed by atoms with Gasteiger partial charge >= 0.3 is 12.2 Å². The Morgan fingerprint density at radius 3 is 1.69 bits per heavy atom. The van der Waals surface area contributed by atoms with Crippen LogP contribution in [0.4, 0.5) is 9.59 Å². The van der Waals surface area contributed by atoms with Crippen LogP contribution in [0.3, 0.4) is 0 Å². The van der Waals surface area contributed by atoms with Crippen LogP contribution in [0.25, 0.3) is 6.08 Å².